The van der Waals surface area contributed by atoms with E-state index < -0.39 is 4.92 Å². The first-order valence-corrected chi connectivity index (χ1v) is 11.9. The fourth-order valence-corrected chi connectivity index (χ4v) is 5.47. The van der Waals surface area contributed by atoms with Gasteiger partial charge in [-0.2, -0.15) is 5.10 Å². The number of benzene rings is 2. The minimum atomic E-state index is -0.405. The molecule has 8 nitrogen and oxygen atoms in total. The third kappa shape index (κ3) is 3.62. The number of ether oxygens (including phenoxy) is 2. The molecule has 0 saturated carbocycles. The summed E-state index contributed by atoms with van der Waals surface area (Å²) < 4.78 is 11.1. The van der Waals surface area contributed by atoms with Gasteiger partial charge in [-0.1, -0.05) is 12.1 Å². The molecule has 2 aliphatic rings. The number of anilines is 1. The average molecular weight is 477 g/mol. The molecule has 0 bridgehead atoms. The number of rotatable bonds is 5. The van der Waals surface area contributed by atoms with E-state index in [9.17, 15) is 10.1 Å². The van der Waals surface area contributed by atoms with Crippen LogP contribution >= 0.6 is 22.7 Å². The Balaban J connectivity index is 1.36. The van der Waals surface area contributed by atoms with Gasteiger partial charge in [-0.15, -0.1) is 22.7 Å². The molecule has 2 aliphatic heterocycles. The van der Waals surface area contributed by atoms with E-state index >= 15 is 0 Å². The predicted molar refractivity (Wildman–Crippen MR) is 127 cm³/mol. The maximum absolute atomic E-state index is 11.0. The highest BCUT2D eigenvalue weighted by molar-refractivity contribution is 7.14. The summed E-state index contributed by atoms with van der Waals surface area (Å²) in [4.78, 5) is 16.5. The molecule has 0 radical (unpaired) electrons. The average Bonchev–Trinajstić information content (AvgIpc) is 3.63. The van der Waals surface area contributed by atoms with Gasteiger partial charge in [-0.05, 0) is 41.3 Å². The SMILES string of the molecule is O=[N+]([O-])c1ccc(-c2csc(N3N=C(c4cccs4)C[C@H]3c3ccc4c(c3)OCO4)n2)cc1. The van der Waals surface area contributed by atoms with Crippen LogP contribution in [0.3, 0.4) is 0 Å². The quantitative estimate of drug-likeness (QED) is 0.265. The van der Waals surface area contributed by atoms with Crippen LogP contribution in [-0.4, -0.2) is 22.4 Å². The number of aromatic nitrogens is 1. The van der Waals surface area contributed by atoms with Crippen molar-refractivity contribution in [2.45, 2.75) is 12.5 Å². The van der Waals surface area contributed by atoms with Crippen molar-refractivity contribution in [3.05, 3.63) is 85.9 Å². The first kappa shape index (κ1) is 19.9. The Labute approximate surface area is 196 Å². The standard InChI is InChI=1S/C23H16N4O4S2/c28-27(29)16-6-3-14(4-7-16)18-12-33-23(24-18)26-19(11-17(25-26)22-2-1-9-32-22)15-5-8-20-21(10-15)31-13-30-20/h1-10,12,19H,11,13H2/t19-/m0/s1. The molecule has 164 valence electrons. The lowest BCUT2D eigenvalue weighted by molar-refractivity contribution is -0.384. The molecule has 0 aliphatic carbocycles. The lowest BCUT2D eigenvalue weighted by Crippen LogP contribution is -2.18. The number of non-ortho nitro benzene ring substituents is 1. The van der Waals surface area contributed by atoms with Crippen molar-refractivity contribution in [1.82, 2.24) is 4.98 Å². The van der Waals surface area contributed by atoms with E-state index in [4.69, 9.17) is 19.6 Å². The predicted octanol–water partition coefficient (Wildman–Crippen LogP) is 5.86. The van der Waals surface area contributed by atoms with Crippen molar-refractivity contribution < 1.29 is 14.4 Å². The molecule has 2 aromatic heterocycles. The van der Waals surface area contributed by atoms with Crippen LogP contribution in [-0.2, 0) is 0 Å². The molecule has 0 unspecified atom stereocenters. The molecule has 2 aromatic carbocycles. The Morgan fingerprint density at radius 1 is 1.06 bits per heavy atom. The van der Waals surface area contributed by atoms with Crippen molar-refractivity contribution in [2.24, 2.45) is 5.10 Å². The van der Waals surface area contributed by atoms with Gasteiger partial charge < -0.3 is 9.47 Å². The molecule has 0 spiro atoms. The highest BCUT2D eigenvalue weighted by atomic mass is 32.1. The van der Waals surface area contributed by atoms with Crippen LogP contribution in [0.4, 0.5) is 10.8 Å². The van der Waals surface area contributed by atoms with Gasteiger partial charge in [0.15, 0.2) is 11.5 Å². The smallest absolute Gasteiger partial charge is 0.269 e. The lowest BCUT2D eigenvalue weighted by atomic mass is 10.0. The number of hydrogen-bond donors (Lipinski definition) is 0. The number of fused-ring (bicyclic) bond motifs is 1. The molecule has 0 N–H and O–H groups in total. The molecule has 0 fully saturated rings. The summed E-state index contributed by atoms with van der Waals surface area (Å²) in [5.41, 5.74) is 3.72. The van der Waals surface area contributed by atoms with E-state index in [2.05, 4.69) is 6.07 Å². The summed E-state index contributed by atoms with van der Waals surface area (Å²) in [6.07, 6.45) is 0.743. The second-order valence-corrected chi connectivity index (χ2v) is 9.30. The highest BCUT2D eigenvalue weighted by Gasteiger charge is 2.33. The zero-order valence-corrected chi connectivity index (χ0v) is 18.7. The Morgan fingerprint density at radius 3 is 2.70 bits per heavy atom. The van der Waals surface area contributed by atoms with Gasteiger partial charge in [0.1, 0.15) is 0 Å². The number of hydrazone groups is 1. The molecule has 0 amide bonds. The fourth-order valence-electron chi connectivity index (χ4n) is 3.91. The second-order valence-electron chi connectivity index (χ2n) is 7.52. The van der Waals surface area contributed by atoms with E-state index in [1.165, 1.54) is 23.5 Å². The Kier molecular flexibility index (Phi) is 4.81. The Bertz CT molecular complexity index is 1370. The summed E-state index contributed by atoms with van der Waals surface area (Å²) in [7, 11) is 0. The lowest BCUT2D eigenvalue weighted by Gasteiger charge is -2.21. The first-order chi connectivity index (χ1) is 16.2. The molecule has 33 heavy (non-hydrogen) atoms. The number of hydrogen-bond acceptors (Lipinski definition) is 9. The maximum atomic E-state index is 11.0. The Morgan fingerprint density at radius 2 is 1.91 bits per heavy atom. The molecule has 1 atom stereocenters. The molecule has 4 aromatic rings. The van der Waals surface area contributed by atoms with Gasteiger partial charge in [0.05, 0.1) is 27.2 Å². The third-order valence-corrected chi connectivity index (χ3v) is 7.31. The van der Waals surface area contributed by atoms with Gasteiger partial charge in [-0.25, -0.2) is 9.99 Å². The van der Waals surface area contributed by atoms with Crippen LogP contribution in [0.2, 0.25) is 0 Å². The number of thiophene rings is 1. The van der Waals surface area contributed by atoms with Crippen molar-refractivity contribution in [3.8, 4) is 22.8 Å². The van der Waals surface area contributed by atoms with Crippen LogP contribution in [0.1, 0.15) is 22.9 Å². The largest absolute Gasteiger partial charge is 0.454 e. The summed E-state index contributed by atoms with van der Waals surface area (Å²) in [6.45, 7) is 0.231. The van der Waals surface area contributed by atoms with Crippen LogP contribution in [0.15, 0.2) is 70.5 Å². The molecular formula is C23H16N4O4S2. The highest BCUT2D eigenvalue weighted by Crippen LogP contribution is 2.42. The number of nitro benzene ring substituents is 1. The van der Waals surface area contributed by atoms with Gasteiger partial charge in [0, 0.05) is 29.5 Å². The number of nitro groups is 1. The number of nitrogens with zero attached hydrogens (tertiary/aromatic N) is 4. The van der Waals surface area contributed by atoms with Crippen molar-refractivity contribution >= 4 is 39.2 Å². The van der Waals surface area contributed by atoms with Gasteiger partial charge in [0.25, 0.3) is 5.69 Å². The molecule has 4 heterocycles. The fraction of sp³-hybridized carbons (Fsp3) is 0.130. The normalized spacial score (nSPS) is 16.8. The monoisotopic (exact) mass is 476 g/mol. The van der Waals surface area contributed by atoms with E-state index in [0.29, 0.717) is 0 Å². The third-order valence-electron chi connectivity index (χ3n) is 5.56. The molecular weight excluding hydrogens is 460 g/mol. The van der Waals surface area contributed by atoms with Crippen molar-refractivity contribution in [1.29, 1.82) is 0 Å². The molecule has 6 rings (SSSR count). The van der Waals surface area contributed by atoms with E-state index in [0.717, 1.165) is 50.5 Å². The second kappa shape index (κ2) is 7.98. The van der Waals surface area contributed by atoms with Crippen molar-refractivity contribution in [2.75, 3.05) is 11.8 Å². The van der Waals surface area contributed by atoms with Crippen LogP contribution in [0, 0.1) is 10.1 Å². The van der Waals surface area contributed by atoms with Gasteiger partial charge in [0.2, 0.25) is 11.9 Å². The summed E-state index contributed by atoms with van der Waals surface area (Å²) in [6, 6.07) is 16.5. The van der Waals surface area contributed by atoms with Crippen LogP contribution in [0.5, 0.6) is 11.5 Å². The first-order valence-electron chi connectivity index (χ1n) is 10.2. The molecule has 0 saturated heterocycles. The number of thiazole rings is 1. The van der Waals surface area contributed by atoms with Crippen LogP contribution < -0.4 is 14.5 Å². The minimum absolute atomic E-state index is 0.0348. The zero-order valence-electron chi connectivity index (χ0n) is 17.1. The van der Waals surface area contributed by atoms with Gasteiger partial charge >= 0.3 is 0 Å². The molecule has 10 heteroatoms. The van der Waals surface area contributed by atoms with Gasteiger partial charge in [-0.3, -0.25) is 10.1 Å². The Hall–Kier alpha value is -3.76. The zero-order chi connectivity index (χ0) is 22.4. The minimum Gasteiger partial charge on any atom is -0.454 e. The summed E-state index contributed by atoms with van der Waals surface area (Å²) in [5.74, 6) is 1.49. The maximum Gasteiger partial charge on any atom is 0.269 e. The summed E-state index contributed by atoms with van der Waals surface area (Å²) in [5, 5.41) is 22.6. The summed E-state index contributed by atoms with van der Waals surface area (Å²) >= 11 is 3.16. The van der Waals surface area contributed by atoms with E-state index in [-0.39, 0.29) is 18.5 Å². The van der Waals surface area contributed by atoms with Crippen molar-refractivity contribution in [3.63, 3.8) is 0 Å². The van der Waals surface area contributed by atoms with E-state index in [1.54, 1.807) is 23.5 Å². The van der Waals surface area contributed by atoms with Crippen LogP contribution in [0.25, 0.3) is 11.3 Å². The van der Waals surface area contributed by atoms with E-state index in [1.807, 2.05) is 40.0 Å². The topological polar surface area (TPSA) is 90.1 Å².